The molecule has 0 saturated carbocycles. The number of amides is 1. The molecule has 0 aliphatic carbocycles. The Morgan fingerprint density at radius 3 is 2.81 bits per heavy atom. The van der Waals surface area contributed by atoms with Crippen molar-refractivity contribution < 1.29 is 9.53 Å². The van der Waals surface area contributed by atoms with E-state index in [2.05, 4.69) is 15.8 Å². The average Bonchev–Trinajstić information content (AvgIpc) is 2.42. The third-order valence-electron chi connectivity index (χ3n) is 2.43. The van der Waals surface area contributed by atoms with E-state index in [0.717, 1.165) is 5.56 Å². The molecule has 8 heteroatoms. The van der Waals surface area contributed by atoms with Gasteiger partial charge < -0.3 is 15.8 Å². The maximum atomic E-state index is 11.4. The molecule has 21 heavy (non-hydrogen) atoms. The van der Waals surface area contributed by atoms with Crippen molar-refractivity contribution in [3.63, 3.8) is 0 Å². The van der Waals surface area contributed by atoms with Crippen LogP contribution in [-0.2, 0) is 9.53 Å². The molecule has 0 bridgehead atoms. The number of hydrazone groups is 1. The lowest BCUT2D eigenvalue weighted by atomic mass is 10.2. The van der Waals surface area contributed by atoms with Crippen LogP contribution in [-0.4, -0.2) is 31.2 Å². The summed E-state index contributed by atoms with van der Waals surface area (Å²) in [7, 11) is 1.44. The fraction of sp³-hybridized carbons (Fsp3) is 0.231. The summed E-state index contributed by atoms with van der Waals surface area (Å²) in [5, 5.41) is 22.3. The highest BCUT2D eigenvalue weighted by Gasteiger charge is 2.05. The van der Waals surface area contributed by atoms with Crippen LogP contribution in [0.3, 0.4) is 0 Å². The number of nitrogens with two attached hydrogens (primary N) is 1. The largest absolute Gasteiger partial charge is 0.382 e. The number of aryl methyl sites for hydroxylation is 1. The number of nitriles is 1. The van der Waals surface area contributed by atoms with Crippen LogP contribution in [0.1, 0.15) is 5.56 Å². The van der Waals surface area contributed by atoms with Crippen molar-refractivity contribution in [1.29, 1.82) is 10.7 Å². The number of carbonyl (C=O) groups excluding carboxylic acids is 1. The van der Waals surface area contributed by atoms with Gasteiger partial charge in [0.25, 0.3) is 0 Å². The number of carbonyl (C=O) groups is 1. The van der Waals surface area contributed by atoms with Crippen molar-refractivity contribution in [2.75, 3.05) is 24.5 Å². The smallest absolute Gasteiger partial charge is 0.250 e. The van der Waals surface area contributed by atoms with Crippen molar-refractivity contribution in [3.8, 4) is 6.07 Å². The van der Waals surface area contributed by atoms with E-state index >= 15 is 0 Å². The van der Waals surface area contributed by atoms with Gasteiger partial charge in [0.1, 0.15) is 12.7 Å². The summed E-state index contributed by atoms with van der Waals surface area (Å²) in [6.07, 6.45) is 0. The van der Waals surface area contributed by atoms with Gasteiger partial charge in [0.2, 0.25) is 11.6 Å². The first-order chi connectivity index (χ1) is 9.97. The van der Waals surface area contributed by atoms with E-state index in [0.29, 0.717) is 11.4 Å². The van der Waals surface area contributed by atoms with E-state index in [4.69, 9.17) is 21.1 Å². The first kappa shape index (κ1) is 16.1. The molecule has 0 unspecified atom stereocenters. The summed E-state index contributed by atoms with van der Waals surface area (Å²) in [4.78, 5) is 11.4. The van der Waals surface area contributed by atoms with Gasteiger partial charge in [-0.3, -0.25) is 15.6 Å². The van der Waals surface area contributed by atoms with Gasteiger partial charge in [-0.2, -0.15) is 10.4 Å². The number of anilines is 2. The Labute approximate surface area is 122 Å². The monoisotopic (exact) mass is 288 g/mol. The highest BCUT2D eigenvalue weighted by atomic mass is 16.5. The molecule has 0 aromatic heterocycles. The van der Waals surface area contributed by atoms with Crippen molar-refractivity contribution in [3.05, 3.63) is 23.8 Å². The molecule has 0 atom stereocenters. The fourth-order valence-corrected chi connectivity index (χ4v) is 1.46. The zero-order valence-corrected chi connectivity index (χ0v) is 11.7. The van der Waals surface area contributed by atoms with E-state index in [-0.39, 0.29) is 18.2 Å². The Bertz CT molecular complexity index is 618. The normalized spacial score (nSPS) is 10.6. The van der Waals surface area contributed by atoms with Crippen LogP contribution >= 0.6 is 0 Å². The van der Waals surface area contributed by atoms with Crippen LogP contribution in [0.2, 0.25) is 0 Å². The summed E-state index contributed by atoms with van der Waals surface area (Å²) in [6.45, 7) is 1.79. The summed E-state index contributed by atoms with van der Waals surface area (Å²) in [6, 6.07) is 6.81. The first-order valence-corrected chi connectivity index (χ1v) is 5.95. The van der Waals surface area contributed by atoms with Gasteiger partial charge >= 0.3 is 0 Å². The summed E-state index contributed by atoms with van der Waals surface area (Å²) < 4.78 is 4.73. The topological polar surface area (TPSA) is 136 Å². The molecule has 0 aliphatic rings. The third kappa shape index (κ3) is 4.93. The number of methoxy groups -OCH3 is 1. The minimum Gasteiger partial charge on any atom is -0.382 e. The van der Waals surface area contributed by atoms with Crippen LogP contribution < -0.4 is 16.5 Å². The average molecular weight is 288 g/mol. The quantitative estimate of drug-likeness (QED) is 0.349. The third-order valence-corrected chi connectivity index (χ3v) is 2.43. The van der Waals surface area contributed by atoms with Crippen molar-refractivity contribution >= 4 is 28.8 Å². The lowest BCUT2D eigenvalue weighted by Gasteiger charge is -2.09. The van der Waals surface area contributed by atoms with Gasteiger partial charge in [0.15, 0.2) is 5.84 Å². The number of nitrogens with zero attached hydrogens (tertiary/aromatic N) is 2. The second-order valence-electron chi connectivity index (χ2n) is 4.11. The van der Waals surface area contributed by atoms with Crippen LogP contribution in [0, 0.1) is 23.7 Å². The van der Waals surface area contributed by atoms with Gasteiger partial charge in [-0.25, -0.2) is 0 Å². The molecule has 1 rings (SSSR count). The van der Waals surface area contributed by atoms with Crippen molar-refractivity contribution in [2.24, 2.45) is 10.8 Å². The van der Waals surface area contributed by atoms with Crippen LogP contribution in [0.4, 0.5) is 11.4 Å². The summed E-state index contributed by atoms with van der Waals surface area (Å²) in [5.41, 5.74) is 9.67. The Hall–Kier alpha value is -2.92. The second-order valence-corrected chi connectivity index (χ2v) is 4.11. The molecule has 0 saturated heterocycles. The summed E-state index contributed by atoms with van der Waals surface area (Å²) >= 11 is 0. The van der Waals surface area contributed by atoms with Crippen molar-refractivity contribution in [1.82, 2.24) is 0 Å². The lowest BCUT2D eigenvalue weighted by Crippen LogP contribution is -2.21. The Kier molecular flexibility index (Phi) is 5.85. The molecule has 5 N–H and O–H groups in total. The van der Waals surface area contributed by atoms with Crippen LogP contribution in [0.25, 0.3) is 0 Å². The molecule has 8 nitrogen and oxygen atoms in total. The molecule has 1 aromatic carbocycles. The number of nitrogens with one attached hydrogen (secondary N) is 3. The number of hydrogen-bond donors (Lipinski definition) is 4. The van der Waals surface area contributed by atoms with E-state index < -0.39 is 5.84 Å². The molecule has 110 valence electrons. The molecule has 0 radical (unpaired) electrons. The summed E-state index contributed by atoms with van der Waals surface area (Å²) in [5.74, 6) is -0.659. The standard InChI is InChI=1S/C13H16N6O2/c1-8-5-9(18-19-11(6-14)13(15)16)3-4-10(8)17-12(20)7-21-2/h3-5,18H,7H2,1-2H3,(H3,15,16)(H,17,20)/b19-11+. The minimum atomic E-state index is -0.412. The molecular formula is C13H16N6O2. The van der Waals surface area contributed by atoms with Gasteiger partial charge in [0, 0.05) is 12.8 Å². The van der Waals surface area contributed by atoms with Gasteiger partial charge in [0.05, 0.1) is 5.69 Å². The van der Waals surface area contributed by atoms with E-state index in [1.54, 1.807) is 24.3 Å². The predicted molar refractivity (Wildman–Crippen MR) is 80.3 cm³/mol. The van der Waals surface area contributed by atoms with E-state index in [1.807, 2.05) is 6.92 Å². The highest BCUT2D eigenvalue weighted by molar-refractivity contribution is 6.45. The zero-order chi connectivity index (χ0) is 15.8. The Morgan fingerprint density at radius 1 is 1.57 bits per heavy atom. The first-order valence-electron chi connectivity index (χ1n) is 5.95. The molecule has 0 fully saturated rings. The molecule has 1 amide bonds. The van der Waals surface area contributed by atoms with Gasteiger partial charge in [-0.1, -0.05) is 0 Å². The number of amidine groups is 1. The maximum absolute atomic E-state index is 11.4. The highest BCUT2D eigenvalue weighted by Crippen LogP contribution is 2.19. The second kappa shape index (κ2) is 7.62. The maximum Gasteiger partial charge on any atom is 0.250 e. The number of benzene rings is 1. The van der Waals surface area contributed by atoms with Crippen LogP contribution in [0.15, 0.2) is 23.3 Å². The molecule has 0 spiro atoms. The molecule has 1 aromatic rings. The SMILES string of the molecule is COCC(=O)Nc1ccc(N/N=C(\C#N)C(=N)N)cc1C. The Balaban J connectivity index is 2.81. The lowest BCUT2D eigenvalue weighted by molar-refractivity contribution is -0.119. The van der Waals surface area contributed by atoms with Crippen molar-refractivity contribution in [2.45, 2.75) is 6.92 Å². The molecule has 0 heterocycles. The molecule has 0 aliphatic heterocycles. The predicted octanol–water partition coefficient (Wildman–Crippen LogP) is 0.807. The number of ether oxygens (including phenoxy) is 1. The van der Waals surface area contributed by atoms with Crippen LogP contribution in [0.5, 0.6) is 0 Å². The Morgan fingerprint density at radius 2 is 2.29 bits per heavy atom. The number of rotatable bonds is 6. The zero-order valence-electron chi connectivity index (χ0n) is 11.7. The number of hydrogen-bond acceptors (Lipinski definition) is 6. The van der Waals surface area contributed by atoms with E-state index in [9.17, 15) is 4.79 Å². The minimum absolute atomic E-state index is 0.0200. The fourth-order valence-electron chi connectivity index (χ4n) is 1.46. The van der Waals surface area contributed by atoms with Gasteiger partial charge in [-0.15, -0.1) is 0 Å². The van der Waals surface area contributed by atoms with Gasteiger partial charge in [-0.05, 0) is 30.7 Å². The molecular weight excluding hydrogens is 272 g/mol. The van der Waals surface area contributed by atoms with E-state index in [1.165, 1.54) is 7.11 Å².